The number of benzene rings is 3. The van der Waals surface area contributed by atoms with Crippen molar-refractivity contribution in [2.24, 2.45) is 0 Å². The van der Waals surface area contributed by atoms with Gasteiger partial charge in [0.15, 0.2) is 0 Å². The summed E-state index contributed by atoms with van der Waals surface area (Å²) in [7, 11) is 0. The second kappa shape index (κ2) is 9.54. The molecule has 3 aromatic rings. The molecule has 8 heteroatoms. The molecule has 0 spiro atoms. The molecule has 0 bridgehead atoms. The summed E-state index contributed by atoms with van der Waals surface area (Å²) in [6, 6.07) is 20.5. The number of anilines is 2. The van der Waals surface area contributed by atoms with Gasteiger partial charge in [0.25, 0.3) is 0 Å². The van der Waals surface area contributed by atoms with Gasteiger partial charge in [-0.1, -0.05) is 0 Å². The van der Waals surface area contributed by atoms with Crippen molar-refractivity contribution in [3.05, 3.63) is 88.4 Å². The molecule has 0 aromatic heterocycles. The fourth-order valence-electron chi connectivity index (χ4n) is 2.47. The number of halogens is 1. The number of carbonyl (C=O) groups is 3. The molecule has 0 atom stereocenters. The van der Waals surface area contributed by atoms with Crippen molar-refractivity contribution in [1.82, 2.24) is 0 Å². The molecule has 2 amide bonds. The maximum atomic E-state index is 12.5. The predicted molar refractivity (Wildman–Crippen MR) is 116 cm³/mol. The topological polar surface area (TPSA) is 95.5 Å². The van der Waals surface area contributed by atoms with Crippen LogP contribution in [0.2, 0.25) is 0 Å². The molecule has 0 aliphatic carbocycles. The molecule has 0 aliphatic rings. The summed E-state index contributed by atoms with van der Waals surface area (Å²) in [6.45, 7) is 0. The monoisotopic (exact) mass is 513 g/mol. The fourth-order valence-corrected chi connectivity index (χ4v) is 4.34. The summed E-state index contributed by atoms with van der Waals surface area (Å²) >= 11 is 2.45. The van der Waals surface area contributed by atoms with E-state index in [2.05, 4.69) is 26.6 Å². The number of aromatic carboxylic acids is 1. The van der Waals surface area contributed by atoms with E-state index in [4.69, 9.17) is 0 Å². The van der Waals surface area contributed by atoms with Gasteiger partial charge in [0.2, 0.25) is 0 Å². The Hall–Kier alpha value is -2.89. The van der Waals surface area contributed by atoms with Crippen LogP contribution in [0.4, 0.5) is 16.2 Å². The van der Waals surface area contributed by atoms with Crippen LogP contribution < -0.4 is 15.0 Å². The minimum atomic E-state index is -1.13. The van der Waals surface area contributed by atoms with Crippen LogP contribution in [0, 0.1) is 0 Å². The first kappa shape index (κ1) is 20.8. The van der Waals surface area contributed by atoms with Gasteiger partial charge in [0, 0.05) is 0 Å². The molecule has 0 saturated heterocycles. The van der Waals surface area contributed by atoms with Crippen molar-refractivity contribution in [3.63, 3.8) is 0 Å². The number of nitrogens with one attached hydrogen (secondary N) is 2. The van der Waals surface area contributed by atoms with Gasteiger partial charge in [0.1, 0.15) is 0 Å². The first-order valence-corrected chi connectivity index (χ1v) is 11.1. The molecule has 3 rings (SSSR count). The zero-order valence-electron chi connectivity index (χ0n) is 14.9. The van der Waals surface area contributed by atoms with Crippen LogP contribution in [-0.2, 0) is 0 Å². The molecule has 0 aliphatic heterocycles. The van der Waals surface area contributed by atoms with E-state index < -0.39 is 27.6 Å². The van der Waals surface area contributed by atoms with Crippen molar-refractivity contribution < 1.29 is 19.5 Å². The molecule has 1 radical (unpaired) electrons. The fraction of sp³-hybridized carbons (Fsp3) is 0. The van der Waals surface area contributed by atoms with Crippen LogP contribution >= 0.6 is 15.9 Å². The number of carboxylic acid groups (broad SMARTS) is 1. The van der Waals surface area contributed by atoms with E-state index in [0.29, 0.717) is 10.0 Å². The van der Waals surface area contributed by atoms with E-state index in [1.165, 1.54) is 12.1 Å². The average molecular weight is 514 g/mol. The average Bonchev–Trinajstić information content (AvgIpc) is 2.70. The summed E-state index contributed by atoms with van der Waals surface area (Å²) in [5.41, 5.74) is 1.32. The summed E-state index contributed by atoms with van der Waals surface area (Å²) in [5, 5.41) is 14.8. The molecule has 0 fully saturated rings. The number of amides is 2. The zero-order chi connectivity index (χ0) is 20.8. The van der Waals surface area contributed by atoms with E-state index in [-0.39, 0.29) is 15.9 Å². The molecular formula is C21H15AsBrN2O4. The molecule has 6 nitrogen and oxygen atoms in total. The van der Waals surface area contributed by atoms with Gasteiger partial charge in [-0.05, 0) is 0 Å². The second-order valence-corrected chi connectivity index (χ2v) is 9.22. The van der Waals surface area contributed by atoms with E-state index in [0.717, 1.165) is 10.0 Å². The Morgan fingerprint density at radius 1 is 0.862 bits per heavy atom. The van der Waals surface area contributed by atoms with Crippen LogP contribution in [0.3, 0.4) is 0 Å². The van der Waals surface area contributed by atoms with Crippen molar-refractivity contribution in [3.8, 4) is 0 Å². The van der Waals surface area contributed by atoms with Gasteiger partial charge in [-0.3, -0.25) is 0 Å². The maximum absolute atomic E-state index is 12.5. The molecule has 0 unspecified atom stereocenters. The second-order valence-electron chi connectivity index (χ2n) is 5.90. The summed E-state index contributed by atoms with van der Waals surface area (Å²) in [5.74, 6) is -1.56. The first-order chi connectivity index (χ1) is 13.9. The number of hydrogen-bond donors (Lipinski definition) is 3. The number of rotatable bonds is 6. The predicted octanol–water partition coefficient (Wildman–Crippen LogP) is 3.96. The normalized spacial score (nSPS) is 10.7. The van der Waals surface area contributed by atoms with Gasteiger partial charge >= 0.3 is 182 Å². The van der Waals surface area contributed by atoms with Crippen LogP contribution in [0.1, 0.15) is 20.7 Å². The molecule has 145 valence electrons. The van der Waals surface area contributed by atoms with Gasteiger partial charge in [-0.25, -0.2) is 0 Å². The SMILES string of the molecule is O=C(Nc1ccccc1)[As]c1ccc(C(=O)Nc2ccc(Br)cc2C(=O)O)cc1. The van der Waals surface area contributed by atoms with Crippen molar-refractivity contribution in [2.45, 2.75) is 0 Å². The van der Waals surface area contributed by atoms with Crippen LogP contribution in [0.15, 0.2) is 77.3 Å². The molecule has 3 N–H and O–H groups in total. The zero-order valence-corrected chi connectivity index (χ0v) is 18.4. The van der Waals surface area contributed by atoms with Gasteiger partial charge < -0.3 is 0 Å². The third kappa shape index (κ3) is 5.79. The standard InChI is InChI=1S/C21H15AsBrN2O4/c23-15-10-11-18(17(12-15)20(27)28)25-19(26)13-6-8-14(9-7-13)22-21(29)24-16-4-2-1-3-5-16/h1-12H,(H,24,29)(H,25,26)(H,27,28). The Bertz CT molecular complexity index is 1060. The third-order valence-electron chi connectivity index (χ3n) is 3.85. The van der Waals surface area contributed by atoms with Gasteiger partial charge in [-0.15, -0.1) is 0 Å². The number of hydrogen-bond acceptors (Lipinski definition) is 3. The van der Waals surface area contributed by atoms with Crippen molar-refractivity contribution in [1.29, 1.82) is 0 Å². The van der Waals surface area contributed by atoms with E-state index in [9.17, 15) is 19.5 Å². The quantitative estimate of drug-likeness (QED) is 0.435. The van der Waals surface area contributed by atoms with Crippen LogP contribution in [0.25, 0.3) is 0 Å². The van der Waals surface area contributed by atoms with E-state index >= 15 is 0 Å². The number of carbonyl (C=O) groups excluding carboxylic acids is 2. The Morgan fingerprint density at radius 2 is 1.55 bits per heavy atom. The van der Waals surface area contributed by atoms with Crippen LogP contribution in [0.5, 0.6) is 0 Å². The Kier molecular flexibility index (Phi) is 6.85. The summed E-state index contributed by atoms with van der Waals surface area (Å²) in [4.78, 5) is 36.0. The molecule has 0 heterocycles. The van der Waals surface area contributed by atoms with Gasteiger partial charge in [0.05, 0.1) is 0 Å². The number of para-hydroxylation sites is 1. The van der Waals surface area contributed by atoms with Crippen molar-refractivity contribution >= 4 is 64.0 Å². The van der Waals surface area contributed by atoms with Crippen LogP contribution in [-0.4, -0.2) is 37.4 Å². The Balaban J connectivity index is 1.65. The van der Waals surface area contributed by atoms with Gasteiger partial charge in [-0.2, -0.15) is 0 Å². The minimum absolute atomic E-state index is 0.00747. The molecule has 3 aromatic carbocycles. The van der Waals surface area contributed by atoms with E-state index in [1.807, 2.05) is 30.3 Å². The van der Waals surface area contributed by atoms with Crippen molar-refractivity contribution in [2.75, 3.05) is 10.6 Å². The number of carboxylic acids is 1. The molecule has 0 saturated carbocycles. The Labute approximate surface area is 182 Å². The summed E-state index contributed by atoms with van der Waals surface area (Å²) in [6.07, 6.45) is 0. The third-order valence-corrected chi connectivity index (χ3v) is 6.17. The first-order valence-electron chi connectivity index (χ1n) is 8.44. The summed E-state index contributed by atoms with van der Waals surface area (Å²) < 4.78 is 1.39. The molecule has 29 heavy (non-hydrogen) atoms. The van der Waals surface area contributed by atoms with E-state index in [1.54, 1.807) is 30.3 Å². The Morgan fingerprint density at radius 3 is 2.21 bits per heavy atom. The molecular weight excluding hydrogens is 499 g/mol.